The molecule has 4 aliphatic heterocycles. The number of ether oxygens (including phenoxy) is 7. The molecule has 4 heterocycles. The molecule has 4 aliphatic rings. The highest BCUT2D eigenvalue weighted by Gasteiger charge is 2.56. The Morgan fingerprint density at radius 1 is 0.700 bits per heavy atom. The Morgan fingerprint density at radius 2 is 1.35 bits per heavy atom. The molecule has 0 aromatic heterocycles. The van der Waals surface area contributed by atoms with Gasteiger partial charge in [-0.2, -0.15) is 0 Å². The van der Waals surface area contributed by atoms with Gasteiger partial charge in [0.1, 0.15) is 72.7 Å². The van der Waals surface area contributed by atoms with Gasteiger partial charge in [-0.1, -0.05) is 0 Å². The molecule has 18 nitrogen and oxygen atoms in total. The predicted octanol–water partition coefficient (Wildman–Crippen LogP) is -7.44. The van der Waals surface area contributed by atoms with Gasteiger partial charge >= 0.3 is 0 Å². The van der Waals surface area contributed by atoms with Crippen molar-refractivity contribution in [2.75, 3.05) is 26.4 Å². The summed E-state index contributed by atoms with van der Waals surface area (Å²) in [6.07, 6.45) is -25.7. The van der Waals surface area contributed by atoms with E-state index < -0.39 is 130 Å². The first-order valence-electron chi connectivity index (χ1n) is 12.7. The summed E-state index contributed by atoms with van der Waals surface area (Å²) in [6.45, 7) is -1.13. The van der Waals surface area contributed by atoms with E-state index in [-0.39, 0.29) is 0 Å². The van der Waals surface area contributed by atoms with Crippen molar-refractivity contribution in [3.05, 3.63) is 0 Å². The summed E-state index contributed by atoms with van der Waals surface area (Å²) in [5, 5.41) is 112. The van der Waals surface area contributed by atoms with Gasteiger partial charge < -0.3 is 89.3 Å². The van der Waals surface area contributed by atoms with Gasteiger partial charge in [0.15, 0.2) is 25.2 Å². The molecule has 0 radical (unpaired) electrons. The largest absolute Gasteiger partial charge is 0.394 e. The van der Waals surface area contributed by atoms with Crippen LogP contribution in [0.15, 0.2) is 0 Å². The maximum absolute atomic E-state index is 11.2. The third kappa shape index (κ3) is 6.16. The molecular weight excluding hydrogens is 552 g/mol. The Kier molecular flexibility index (Phi) is 10.4. The normalized spacial score (nSPS) is 54.0. The summed E-state index contributed by atoms with van der Waals surface area (Å²) < 4.78 is 38.3. The quantitative estimate of drug-likeness (QED) is 0.125. The molecule has 0 aromatic rings. The maximum Gasteiger partial charge on any atom is 0.187 e. The van der Waals surface area contributed by atoms with Crippen molar-refractivity contribution >= 4 is 0 Å². The Bertz CT molecular complexity index is 823. The van der Waals surface area contributed by atoms with Crippen LogP contribution >= 0.6 is 0 Å². The van der Waals surface area contributed by atoms with Crippen molar-refractivity contribution in [3.63, 3.8) is 0 Å². The van der Waals surface area contributed by atoms with Gasteiger partial charge in [-0.15, -0.1) is 0 Å². The summed E-state index contributed by atoms with van der Waals surface area (Å²) >= 11 is 0. The first kappa shape index (κ1) is 32.2. The Morgan fingerprint density at radius 3 is 1.98 bits per heavy atom. The molecule has 11 N–H and O–H groups in total. The second-order valence-corrected chi connectivity index (χ2v) is 10.4. The van der Waals surface area contributed by atoms with Crippen molar-refractivity contribution in [2.24, 2.45) is 0 Å². The SMILES string of the molecule is C[C@@H]1O[C@@H](O[C@@H]2[C@@H](O)[C@H](O)[C@@H](CO)O[C@H]2O)[C@H](O)[C@H](O[C@@H]2OC[C@](O)(CO)[C@H]2O)[C@H]1O[C@@H]1OC[C@@H](O)[C@H](O)[C@H]1O. The smallest absolute Gasteiger partial charge is 0.187 e. The van der Waals surface area contributed by atoms with Crippen LogP contribution in [0.4, 0.5) is 0 Å². The summed E-state index contributed by atoms with van der Waals surface area (Å²) in [6, 6.07) is 0. The van der Waals surface area contributed by atoms with Crippen molar-refractivity contribution in [2.45, 2.75) is 111 Å². The lowest BCUT2D eigenvalue weighted by Crippen LogP contribution is -2.66. The zero-order valence-electron chi connectivity index (χ0n) is 21.3. The van der Waals surface area contributed by atoms with E-state index in [1.165, 1.54) is 6.92 Å². The summed E-state index contributed by atoms with van der Waals surface area (Å²) in [7, 11) is 0. The average Bonchev–Trinajstić information content (AvgIpc) is 3.21. The fraction of sp³-hybridized carbons (Fsp3) is 1.00. The number of aliphatic hydroxyl groups excluding tert-OH is 10. The highest BCUT2D eigenvalue weighted by Crippen LogP contribution is 2.35. The number of hydrogen-bond donors (Lipinski definition) is 11. The lowest BCUT2D eigenvalue weighted by atomic mass is 9.96. The van der Waals surface area contributed by atoms with Gasteiger partial charge in [0.25, 0.3) is 0 Å². The Labute approximate surface area is 227 Å². The number of aliphatic hydroxyl groups is 11. The van der Waals surface area contributed by atoms with Crippen LogP contribution in [0, 0.1) is 0 Å². The zero-order chi connectivity index (χ0) is 29.5. The molecule has 18 heteroatoms. The molecule has 0 spiro atoms. The molecule has 4 fully saturated rings. The van der Waals surface area contributed by atoms with Crippen molar-refractivity contribution in [3.8, 4) is 0 Å². The fourth-order valence-corrected chi connectivity index (χ4v) is 4.94. The molecule has 0 amide bonds. The van der Waals surface area contributed by atoms with Gasteiger partial charge in [-0.25, -0.2) is 0 Å². The minimum atomic E-state index is -2.09. The zero-order valence-corrected chi connectivity index (χ0v) is 21.3. The fourth-order valence-electron chi connectivity index (χ4n) is 4.94. The monoisotopic (exact) mass is 590 g/mol. The van der Waals surface area contributed by atoms with Crippen molar-refractivity contribution in [1.82, 2.24) is 0 Å². The van der Waals surface area contributed by atoms with Crippen LogP contribution in [-0.2, 0) is 33.2 Å². The third-order valence-electron chi connectivity index (χ3n) is 7.50. The van der Waals surface area contributed by atoms with Crippen molar-refractivity contribution in [1.29, 1.82) is 0 Å². The summed E-state index contributed by atoms with van der Waals surface area (Å²) in [5.41, 5.74) is -2.09. The van der Waals surface area contributed by atoms with Crippen LogP contribution < -0.4 is 0 Å². The minimum absolute atomic E-state index is 0.409. The number of rotatable bonds is 8. The van der Waals surface area contributed by atoms with E-state index in [9.17, 15) is 56.2 Å². The molecule has 17 atom stereocenters. The summed E-state index contributed by atoms with van der Waals surface area (Å²) in [5.74, 6) is 0. The molecule has 4 rings (SSSR count). The third-order valence-corrected chi connectivity index (χ3v) is 7.50. The van der Waals surface area contributed by atoms with Gasteiger partial charge in [0.2, 0.25) is 0 Å². The first-order valence-corrected chi connectivity index (χ1v) is 12.7. The standard InChI is InChI=1S/C22H38O18/c1-6-14(38-19-12(29)9(26)7(25)3-34-19)15(39-21-17(31)22(33,4-24)5-35-21)13(30)20(36-6)40-16-11(28)10(27)8(2-23)37-18(16)32/h6-21,23-33H,2-5H2,1H3/t6-,7+,8+,9-,10+,11-,12+,13+,14-,15-,16+,17-,18+,19-,20-,21-,22+/m0/s1. The molecular formula is C22H38O18. The van der Waals surface area contributed by atoms with Crippen LogP contribution in [-0.4, -0.2) is 187 Å². The van der Waals surface area contributed by atoms with Gasteiger partial charge in [0.05, 0.1) is 32.5 Å². The second-order valence-electron chi connectivity index (χ2n) is 10.4. The highest BCUT2D eigenvalue weighted by molar-refractivity contribution is 4.98. The molecule has 234 valence electrons. The Balaban J connectivity index is 1.55. The predicted molar refractivity (Wildman–Crippen MR) is 120 cm³/mol. The summed E-state index contributed by atoms with van der Waals surface area (Å²) in [4.78, 5) is 0. The molecule has 0 aromatic carbocycles. The van der Waals surface area contributed by atoms with Crippen LogP contribution in [0.5, 0.6) is 0 Å². The minimum Gasteiger partial charge on any atom is -0.394 e. The van der Waals surface area contributed by atoms with Gasteiger partial charge in [-0.05, 0) is 6.92 Å². The van der Waals surface area contributed by atoms with Crippen molar-refractivity contribution < 1.29 is 89.3 Å². The van der Waals surface area contributed by atoms with Crippen LogP contribution in [0.1, 0.15) is 6.92 Å². The van der Waals surface area contributed by atoms with Gasteiger partial charge in [-0.3, -0.25) is 0 Å². The topological polar surface area (TPSA) is 287 Å². The lowest BCUT2D eigenvalue weighted by molar-refractivity contribution is -0.384. The molecule has 4 saturated heterocycles. The molecule has 0 saturated carbocycles. The van der Waals surface area contributed by atoms with E-state index in [0.29, 0.717) is 0 Å². The Hall–Kier alpha value is -0.720. The highest BCUT2D eigenvalue weighted by atomic mass is 16.8. The lowest BCUT2D eigenvalue weighted by Gasteiger charge is -2.48. The van der Waals surface area contributed by atoms with E-state index >= 15 is 0 Å². The maximum atomic E-state index is 11.2. The van der Waals surface area contributed by atoms with E-state index in [1.807, 2.05) is 0 Å². The van der Waals surface area contributed by atoms with E-state index in [1.54, 1.807) is 0 Å². The van der Waals surface area contributed by atoms with E-state index in [0.717, 1.165) is 0 Å². The van der Waals surface area contributed by atoms with Crippen LogP contribution in [0.3, 0.4) is 0 Å². The molecule has 0 unspecified atom stereocenters. The second kappa shape index (κ2) is 12.9. The van der Waals surface area contributed by atoms with E-state index in [2.05, 4.69) is 0 Å². The van der Waals surface area contributed by atoms with Gasteiger partial charge in [0, 0.05) is 0 Å². The average molecular weight is 591 g/mol. The first-order chi connectivity index (χ1) is 18.8. The number of hydrogen-bond acceptors (Lipinski definition) is 18. The molecule has 0 bridgehead atoms. The van der Waals surface area contributed by atoms with Crippen LogP contribution in [0.2, 0.25) is 0 Å². The van der Waals surface area contributed by atoms with Crippen LogP contribution in [0.25, 0.3) is 0 Å². The molecule has 40 heavy (non-hydrogen) atoms. The molecule has 0 aliphatic carbocycles. The van der Waals surface area contributed by atoms with E-state index in [4.69, 9.17) is 33.2 Å².